The van der Waals surface area contributed by atoms with E-state index in [1.54, 1.807) is 12.1 Å². The van der Waals surface area contributed by atoms with Crippen molar-refractivity contribution in [2.45, 2.75) is 6.92 Å². The number of rotatable bonds is 2. The molecule has 1 heterocycles. The minimum atomic E-state index is -0.373. The van der Waals surface area contributed by atoms with E-state index in [0.717, 1.165) is 16.5 Å². The fraction of sp³-hybridized carbons (Fsp3) is 0.0625. The molecule has 2 N–H and O–H groups in total. The van der Waals surface area contributed by atoms with Crippen molar-refractivity contribution in [2.24, 2.45) is 0 Å². The SMILES string of the molecule is Cc1ccc(F)cc1NC(=O)c1cc2ccccc2[nH]1. The van der Waals surface area contributed by atoms with Crippen LogP contribution >= 0.6 is 0 Å². The number of hydrogen-bond acceptors (Lipinski definition) is 1. The van der Waals surface area contributed by atoms with E-state index >= 15 is 0 Å². The first kappa shape index (κ1) is 12.4. The molecule has 3 aromatic rings. The maximum Gasteiger partial charge on any atom is 0.272 e. The zero-order valence-electron chi connectivity index (χ0n) is 10.9. The summed E-state index contributed by atoms with van der Waals surface area (Å²) in [6.45, 7) is 1.82. The largest absolute Gasteiger partial charge is 0.351 e. The standard InChI is InChI=1S/C16H13FN2O/c1-10-6-7-12(17)9-14(10)19-16(20)15-8-11-4-2-3-5-13(11)18-15/h2-9,18H,1H3,(H,19,20). The Kier molecular flexibility index (Phi) is 2.99. The lowest BCUT2D eigenvalue weighted by Gasteiger charge is -2.07. The molecule has 1 amide bonds. The van der Waals surface area contributed by atoms with Crippen LogP contribution in [0, 0.1) is 12.7 Å². The average Bonchev–Trinajstić information content (AvgIpc) is 2.87. The molecule has 0 bridgehead atoms. The Morgan fingerprint density at radius 1 is 1.15 bits per heavy atom. The number of benzene rings is 2. The van der Waals surface area contributed by atoms with E-state index in [0.29, 0.717) is 11.4 Å². The average molecular weight is 268 g/mol. The van der Waals surface area contributed by atoms with Gasteiger partial charge < -0.3 is 10.3 Å². The number of amides is 1. The van der Waals surface area contributed by atoms with Crippen molar-refractivity contribution in [2.75, 3.05) is 5.32 Å². The van der Waals surface area contributed by atoms with Crippen molar-refractivity contribution < 1.29 is 9.18 Å². The Hall–Kier alpha value is -2.62. The van der Waals surface area contributed by atoms with E-state index in [1.165, 1.54) is 12.1 Å². The van der Waals surface area contributed by atoms with Gasteiger partial charge in [0.2, 0.25) is 0 Å². The molecular weight excluding hydrogens is 255 g/mol. The van der Waals surface area contributed by atoms with Crippen molar-refractivity contribution in [3.05, 3.63) is 65.6 Å². The molecule has 2 aromatic carbocycles. The number of aromatic nitrogens is 1. The molecule has 0 aliphatic carbocycles. The highest BCUT2D eigenvalue weighted by Gasteiger charge is 2.11. The second kappa shape index (κ2) is 4.81. The lowest BCUT2D eigenvalue weighted by Crippen LogP contribution is -2.13. The van der Waals surface area contributed by atoms with Crippen molar-refractivity contribution in [1.82, 2.24) is 4.98 Å². The van der Waals surface area contributed by atoms with Gasteiger partial charge in [-0.05, 0) is 36.8 Å². The highest BCUT2D eigenvalue weighted by Crippen LogP contribution is 2.19. The minimum absolute atomic E-state index is 0.282. The van der Waals surface area contributed by atoms with Crippen LogP contribution in [-0.2, 0) is 0 Å². The summed E-state index contributed by atoms with van der Waals surface area (Å²) in [5.41, 5.74) is 2.65. The number of para-hydroxylation sites is 1. The first-order chi connectivity index (χ1) is 9.63. The number of H-pyrrole nitrogens is 1. The Balaban J connectivity index is 1.90. The first-order valence-corrected chi connectivity index (χ1v) is 6.29. The van der Waals surface area contributed by atoms with Crippen molar-refractivity contribution in [1.29, 1.82) is 0 Å². The molecule has 20 heavy (non-hydrogen) atoms. The van der Waals surface area contributed by atoms with Gasteiger partial charge in [-0.1, -0.05) is 24.3 Å². The lowest BCUT2D eigenvalue weighted by atomic mass is 10.2. The second-order valence-electron chi connectivity index (χ2n) is 4.68. The van der Waals surface area contributed by atoms with Gasteiger partial charge in [0.1, 0.15) is 11.5 Å². The summed E-state index contributed by atoms with van der Waals surface area (Å²) in [5.74, 6) is -0.655. The summed E-state index contributed by atoms with van der Waals surface area (Å²) in [7, 11) is 0. The molecule has 0 unspecified atom stereocenters. The smallest absolute Gasteiger partial charge is 0.272 e. The molecule has 0 fully saturated rings. The molecular formula is C16H13FN2O. The molecule has 0 aliphatic rings. The topological polar surface area (TPSA) is 44.9 Å². The van der Waals surface area contributed by atoms with Crippen molar-refractivity contribution in [3.8, 4) is 0 Å². The lowest BCUT2D eigenvalue weighted by molar-refractivity contribution is 0.102. The Morgan fingerprint density at radius 3 is 2.75 bits per heavy atom. The Morgan fingerprint density at radius 2 is 1.95 bits per heavy atom. The Labute approximate surface area is 115 Å². The van der Waals surface area contributed by atoms with E-state index in [4.69, 9.17) is 0 Å². The molecule has 0 spiro atoms. The summed E-state index contributed by atoms with van der Waals surface area (Å²) in [6, 6.07) is 13.7. The molecule has 100 valence electrons. The van der Waals surface area contributed by atoms with Gasteiger partial charge >= 0.3 is 0 Å². The summed E-state index contributed by atoms with van der Waals surface area (Å²) >= 11 is 0. The van der Waals surface area contributed by atoms with Crippen LogP contribution in [0.4, 0.5) is 10.1 Å². The van der Waals surface area contributed by atoms with Gasteiger partial charge in [-0.3, -0.25) is 4.79 Å². The van der Waals surface area contributed by atoms with Gasteiger partial charge in [-0.15, -0.1) is 0 Å². The highest BCUT2D eigenvalue weighted by molar-refractivity contribution is 6.06. The number of fused-ring (bicyclic) bond motifs is 1. The summed E-state index contributed by atoms with van der Waals surface area (Å²) in [5, 5.41) is 3.68. The number of carbonyl (C=O) groups excluding carboxylic acids is 1. The number of carbonyl (C=O) groups is 1. The zero-order chi connectivity index (χ0) is 14.1. The number of hydrogen-bond donors (Lipinski definition) is 2. The van der Waals surface area contributed by atoms with E-state index in [-0.39, 0.29) is 11.7 Å². The van der Waals surface area contributed by atoms with Crippen LogP contribution in [0.25, 0.3) is 10.9 Å². The summed E-state index contributed by atoms with van der Waals surface area (Å²) in [6.07, 6.45) is 0. The Bertz CT molecular complexity index is 759. The van der Waals surface area contributed by atoms with Gasteiger partial charge in [-0.25, -0.2) is 4.39 Å². The van der Waals surface area contributed by atoms with Gasteiger partial charge in [0.05, 0.1) is 0 Å². The van der Waals surface area contributed by atoms with Crippen LogP contribution < -0.4 is 5.32 Å². The minimum Gasteiger partial charge on any atom is -0.351 e. The van der Waals surface area contributed by atoms with Crippen molar-refractivity contribution >= 4 is 22.5 Å². The van der Waals surface area contributed by atoms with Crippen LogP contribution in [0.3, 0.4) is 0 Å². The maximum absolute atomic E-state index is 13.2. The molecule has 0 atom stereocenters. The first-order valence-electron chi connectivity index (χ1n) is 6.29. The predicted molar refractivity (Wildman–Crippen MR) is 77.4 cm³/mol. The van der Waals surface area contributed by atoms with E-state index in [9.17, 15) is 9.18 Å². The molecule has 1 aromatic heterocycles. The molecule has 4 heteroatoms. The maximum atomic E-state index is 13.2. The fourth-order valence-electron chi connectivity index (χ4n) is 2.11. The molecule has 0 saturated carbocycles. The molecule has 0 radical (unpaired) electrons. The van der Waals surface area contributed by atoms with Gasteiger partial charge in [-0.2, -0.15) is 0 Å². The molecule has 3 rings (SSSR count). The summed E-state index contributed by atoms with van der Waals surface area (Å²) < 4.78 is 13.2. The van der Waals surface area contributed by atoms with Gasteiger partial charge in [0, 0.05) is 16.6 Å². The predicted octanol–water partition coefficient (Wildman–Crippen LogP) is 3.87. The molecule has 0 aliphatic heterocycles. The third-order valence-corrected chi connectivity index (χ3v) is 3.22. The van der Waals surface area contributed by atoms with Gasteiger partial charge in [0.15, 0.2) is 0 Å². The van der Waals surface area contributed by atoms with E-state index in [2.05, 4.69) is 10.3 Å². The third kappa shape index (κ3) is 2.28. The number of aryl methyl sites for hydroxylation is 1. The molecule has 3 nitrogen and oxygen atoms in total. The van der Waals surface area contributed by atoms with Crippen LogP contribution in [0.2, 0.25) is 0 Å². The van der Waals surface area contributed by atoms with Crippen molar-refractivity contribution in [3.63, 3.8) is 0 Å². The number of halogens is 1. The summed E-state index contributed by atoms with van der Waals surface area (Å²) in [4.78, 5) is 15.2. The number of aromatic amines is 1. The van der Waals surface area contributed by atoms with Crippen LogP contribution in [0.5, 0.6) is 0 Å². The third-order valence-electron chi connectivity index (χ3n) is 3.22. The quantitative estimate of drug-likeness (QED) is 0.728. The second-order valence-corrected chi connectivity index (χ2v) is 4.68. The number of nitrogens with one attached hydrogen (secondary N) is 2. The zero-order valence-corrected chi connectivity index (χ0v) is 10.9. The monoisotopic (exact) mass is 268 g/mol. The number of anilines is 1. The van der Waals surface area contributed by atoms with E-state index < -0.39 is 0 Å². The van der Waals surface area contributed by atoms with Crippen LogP contribution in [0.15, 0.2) is 48.5 Å². The van der Waals surface area contributed by atoms with Crippen LogP contribution in [0.1, 0.15) is 16.1 Å². The normalized spacial score (nSPS) is 10.7. The highest BCUT2D eigenvalue weighted by atomic mass is 19.1. The van der Waals surface area contributed by atoms with Crippen LogP contribution in [-0.4, -0.2) is 10.9 Å². The van der Waals surface area contributed by atoms with E-state index in [1.807, 2.05) is 31.2 Å². The fourth-order valence-corrected chi connectivity index (χ4v) is 2.11. The van der Waals surface area contributed by atoms with Gasteiger partial charge in [0.25, 0.3) is 5.91 Å². The molecule has 0 saturated heterocycles.